The first-order valence-corrected chi connectivity index (χ1v) is 15.2. The van der Waals surface area contributed by atoms with E-state index in [-0.39, 0.29) is 29.3 Å². The number of alkyl halides is 3. The lowest BCUT2D eigenvalue weighted by molar-refractivity contribution is -0.0873. The summed E-state index contributed by atoms with van der Waals surface area (Å²) in [6.07, 6.45) is -1.74. The normalized spacial score (nSPS) is 19.4. The number of imidazole rings is 1. The molecule has 9 nitrogen and oxygen atoms in total. The largest absolute Gasteiger partial charge is 0.523 e. The highest BCUT2D eigenvalue weighted by atomic mass is 35.5. The molecular weight excluding hydrogens is 621 g/mol. The molecule has 1 fully saturated rings. The summed E-state index contributed by atoms with van der Waals surface area (Å²) in [5.74, 6) is 0. The number of benzene rings is 3. The van der Waals surface area contributed by atoms with Crippen molar-refractivity contribution in [2.75, 3.05) is 6.61 Å². The van der Waals surface area contributed by atoms with Gasteiger partial charge in [-0.05, 0) is 16.7 Å². The quantitative estimate of drug-likeness (QED) is 0.0832. The van der Waals surface area contributed by atoms with Gasteiger partial charge in [0.25, 0.3) is 0 Å². The Balaban J connectivity index is 1.38. The Labute approximate surface area is 255 Å². The zero-order chi connectivity index (χ0) is 31.0. The lowest BCUT2D eigenvalue weighted by atomic mass is 9.80. The van der Waals surface area contributed by atoms with Gasteiger partial charge >= 0.3 is 15.6 Å². The Morgan fingerprint density at radius 1 is 0.864 bits per heavy atom. The molecule has 44 heavy (non-hydrogen) atoms. The number of ether oxygens (including phenoxy) is 2. The van der Waals surface area contributed by atoms with Crippen molar-refractivity contribution >= 4 is 32.9 Å². The maximum Gasteiger partial charge on any atom is 0.523 e. The molecule has 0 saturated carbocycles. The van der Waals surface area contributed by atoms with E-state index in [2.05, 4.69) is 15.0 Å². The molecule has 5 aromatic rings. The van der Waals surface area contributed by atoms with Gasteiger partial charge in [0.15, 0.2) is 17.0 Å². The molecule has 0 spiro atoms. The molecule has 1 unspecified atom stereocenters. The molecule has 3 atom stereocenters. The monoisotopic (exact) mass is 644 g/mol. The summed E-state index contributed by atoms with van der Waals surface area (Å²) < 4.78 is 83.3. The Morgan fingerprint density at radius 2 is 1.41 bits per heavy atom. The van der Waals surface area contributed by atoms with E-state index in [0.29, 0.717) is 0 Å². The van der Waals surface area contributed by atoms with E-state index in [9.17, 15) is 21.6 Å². The van der Waals surface area contributed by atoms with Gasteiger partial charge in [0.1, 0.15) is 23.5 Å². The first-order valence-electron chi connectivity index (χ1n) is 13.4. The number of aromatic nitrogens is 4. The second-order valence-corrected chi connectivity index (χ2v) is 11.9. The lowest BCUT2D eigenvalue weighted by Crippen LogP contribution is -2.36. The van der Waals surface area contributed by atoms with Gasteiger partial charge in [-0.2, -0.15) is 21.6 Å². The SMILES string of the molecule is O=S(=O)(O[C@@H]1C[C@@H](COC(c2ccccc2)(c2ccccc2)c2ccccc2)OC1n1cnc2c(Cl)ncnc21)C(F)(F)F. The fourth-order valence-electron chi connectivity index (χ4n) is 5.37. The average molecular weight is 645 g/mol. The molecular formula is C30H24ClF3N4O5S. The van der Waals surface area contributed by atoms with Gasteiger partial charge in [0, 0.05) is 6.42 Å². The molecule has 1 aliphatic rings. The Hall–Kier alpha value is -3.88. The molecule has 0 radical (unpaired) electrons. The minimum atomic E-state index is -5.98. The van der Waals surface area contributed by atoms with Crippen molar-refractivity contribution < 1.29 is 35.2 Å². The molecule has 1 aliphatic heterocycles. The van der Waals surface area contributed by atoms with Crippen LogP contribution in [0, 0.1) is 0 Å². The molecule has 228 valence electrons. The summed E-state index contributed by atoms with van der Waals surface area (Å²) in [6, 6.07) is 28.4. The standard InChI is InChI=1S/C30H24ClF3N4O5S/c31-26-25-27(36-18-35-26)38(19-37-25)28-24(43-44(39,40)30(32,33)34)16-23(42-28)17-41-29(20-10-4-1-5-11-20,21-12-6-2-7-13-21)22-14-8-3-9-15-22/h1-15,18-19,23-24,28H,16-17H2/t23-,24+,28?/m0/s1. The number of fused-ring (bicyclic) bond motifs is 1. The molecule has 1 saturated heterocycles. The summed E-state index contributed by atoms with van der Waals surface area (Å²) in [4.78, 5) is 12.1. The van der Waals surface area contributed by atoms with Crippen molar-refractivity contribution in [3.63, 3.8) is 0 Å². The van der Waals surface area contributed by atoms with Crippen LogP contribution in [0.1, 0.15) is 29.3 Å². The third-order valence-electron chi connectivity index (χ3n) is 7.29. The number of nitrogens with zero attached hydrogens (tertiary/aromatic N) is 4. The second kappa shape index (κ2) is 11.9. The number of hydrogen-bond acceptors (Lipinski definition) is 8. The van der Waals surface area contributed by atoms with E-state index in [1.807, 2.05) is 91.0 Å². The summed E-state index contributed by atoms with van der Waals surface area (Å²) in [7, 11) is -5.98. The highest BCUT2D eigenvalue weighted by Crippen LogP contribution is 2.43. The van der Waals surface area contributed by atoms with Crippen molar-refractivity contribution in [2.24, 2.45) is 0 Å². The van der Waals surface area contributed by atoms with Crippen LogP contribution in [-0.2, 0) is 29.4 Å². The number of hydrogen-bond donors (Lipinski definition) is 0. The first-order chi connectivity index (χ1) is 21.1. The van der Waals surface area contributed by atoms with E-state index < -0.39 is 39.7 Å². The molecule has 3 heterocycles. The molecule has 0 N–H and O–H groups in total. The zero-order valence-corrected chi connectivity index (χ0v) is 24.3. The summed E-state index contributed by atoms with van der Waals surface area (Å²) in [6.45, 7) is -0.149. The fourth-order valence-corrected chi connectivity index (χ4v) is 6.15. The van der Waals surface area contributed by atoms with E-state index in [4.69, 9.17) is 25.3 Å². The first kappa shape index (κ1) is 30.2. The van der Waals surface area contributed by atoms with Gasteiger partial charge < -0.3 is 9.47 Å². The van der Waals surface area contributed by atoms with Crippen molar-refractivity contribution in [1.29, 1.82) is 0 Å². The van der Waals surface area contributed by atoms with Crippen LogP contribution in [0.3, 0.4) is 0 Å². The van der Waals surface area contributed by atoms with Crippen LogP contribution in [0.4, 0.5) is 13.2 Å². The van der Waals surface area contributed by atoms with Crippen LogP contribution in [0.25, 0.3) is 11.2 Å². The minimum Gasteiger partial charge on any atom is -0.358 e. The predicted molar refractivity (Wildman–Crippen MR) is 154 cm³/mol. The van der Waals surface area contributed by atoms with Gasteiger partial charge in [-0.3, -0.25) is 8.75 Å². The van der Waals surface area contributed by atoms with Crippen molar-refractivity contribution in [3.8, 4) is 0 Å². The molecule has 14 heteroatoms. The summed E-state index contributed by atoms with van der Waals surface area (Å²) in [5, 5.41) is 0.00498. The lowest BCUT2D eigenvalue weighted by Gasteiger charge is -2.36. The topological polar surface area (TPSA) is 105 Å². The molecule has 6 rings (SSSR count). The van der Waals surface area contributed by atoms with E-state index >= 15 is 0 Å². The van der Waals surface area contributed by atoms with E-state index in [1.165, 1.54) is 10.9 Å². The predicted octanol–water partition coefficient (Wildman–Crippen LogP) is 6.01. The zero-order valence-electron chi connectivity index (χ0n) is 22.7. The van der Waals surface area contributed by atoms with Crippen LogP contribution in [0.15, 0.2) is 104 Å². The molecule has 0 aliphatic carbocycles. The van der Waals surface area contributed by atoms with Gasteiger partial charge in [-0.1, -0.05) is 103 Å². The van der Waals surface area contributed by atoms with E-state index in [0.717, 1.165) is 23.0 Å². The van der Waals surface area contributed by atoms with E-state index in [1.54, 1.807) is 0 Å². The Bertz CT molecular complexity index is 1750. The number of rotatable bonds is 9. The summed E-state index contributed by atoms with van der Waals surface area (Å²) >= 11 is 6.12. The van der Waals surface area contributed by atoms with Gasteiger partial charge in [-0.25, -0.2) is 15.0 Å². The fraction of sp³-hybridized carbons (Fsp3) is 0.233. The van der Waals surface area contributed by atoms with Gasteiger partial charge in [0.05, 0.1) is 19.0 Å². The Kier molecular flexibility index (Phi) is 8.16. The van der Waals surface area contributed by atoms with Crippen molar-refractivity contribution in [1.82, 2.24) is 19.5 Å². The smallest absolute Gasteiger partial charge is 0.358 e. The van der Waals surface area contributed by atoms with Crippen LogP contribution in [0.5, 0.6) is 0 Å². The third-order valence-corrected chi connectivity index (χ3v) is 8.64. The maximum atomic E-state index is 13.4. The molecule has 2 aromatic heterocycles. The van der Waals surface area contributed by atoms with Crippen molar-refractivity contribution in [2.45, 2.75) is 36.0 Å². The molecule has 3 aromatic carbocycles. The third kappa shape index (κ3) is 5.57. The highest BCUT2D eigenvalue weighted by molar-refractivity contribution is 7.87. The second-order valence-electron chi connectivity index (χ2n) is 10.00. The van der Waals surface area contributed by atoms with Gasteiger partial charge in [0.2, 0.25) is 0 Å². The molecule has 0 bridgehead atoms. The summed E-state index contributed by atoms with van der Waals surface area (Å²) in [5.41, 5.74) is -4.11. The van der Waals surface area contributed by atoms with Crippen LogP contribution in [0.2, 0.25) is 5.15 Å². The van der Waals surface area contributed by atoms with Crippen LogP contribution < -0.4 is 0 Å². The molecule has 0 amide bonds. The van der Waals surface area contributed by atoms with Crippen molar-refractivity contribution in [3.05, 3.63) is 125 Å². The highest BCUT2D eigenvalue weighted by Gasteiger charge is 2.52. The van der Waals surface area contributed by atoms with Crippen LogP contribution >= 0.6 is 11.6 Å². The van der Waals surface area contributed by atoms with Crippen LogP contribution in [-0.4, -0.2) is 52.3 Å². The maximum absolute atomic E-state index is 13.4. The Morgan fingerprint density at radius 3 is 1.93 bits per heavy atom. The average Bonchev–Trinajstić information content (AvgIpc) is 3.63. The number of halogens is 4. The van der Waals surface area contributed by atoms with Gasteiger partial charge in [-0.15, -0.1) is 0 Å². The minimum absolute atomic E-state index is 0.00498.